The maximum atomic E-state index is 15.2. The van der Waals surface area contributed by atoms with Crippen molar-refractivity contribution < 1.29 is 19.1 Å². The largest absolute Gasteiger partial charge is 0.493 e. The first-order valence-corrected chi connectivity index (χ1v) is 18.0. The molecule has 2 saturated heterocycles. The Bertz CT molecular complexity index is 1750. The van der Waals surface area contributed by atoms with Gasteiger partial charge in [-0.1, -0.05) is 68.2 Å². The highest BCUT2D eigenvalue weighted by molar-refractivity contribution is 6.30. The summed E-state index contributed by atoms with van der Waals surface area (Å²) in [7, 11) is 0. The Morgan fingerprint density at radius 2 is 1.34 bits per heavy atom. The van der Waals surface area contributed by atoms with Crippen LogP contribution in [-0.2, 0) is 21.2 Å². The number of ether oxygens (including phenoxy) is 2. The summed E-state index contributed by atoms with van der Waals surface area (Å²) >= 11 is 12.8. The van der Waals surface area contributed by atoms with Gasteiger partial charge in [-0.3, -0.25) is 14.9 Å². The van der Waals surface area contributed by atoms with Gasteiger partial charge in [0, 0.05) is 72.7 Å². The summed E-state index contributed by atoms with van der Waals surface area (Å²) in [4.78, 5) is 46.2. The molecular formula is C38H46Cl2N6O4. The molecule has 3 aromatic rings. The van der Waals surface area contributed by atoms with E-state index in [9.17, 15) is 4.79 Å². The molecule has 2 aromatic carbocycles. The minimum Gasteiger partial charge on any atom is -0.493 e. The van der Waals surface area contributed by atoms with Gasteiger partial charge >= 0.3 is 12.1 Å². The van der Waals surface area contributed by atoms with Crippen LogP contribution in [0.15, 0.2) is 65.8 Å². The van der Waals surface area contributed by atoms with Crippen LogP contribution in [-0.4, -0.2) is 102 Å². The van der Waals surface area contributed by atoms with Crippen molar-refractivity contribution in [3.05, 3.63) is 93.2 Å². The predicted molar refractivity (Wildman–Crippen MR) is 196 cm³/mol. The molecular weight excluding hydrogens is 675 g/mol. The normalized spacial score (nSPS) is 22.8. The van der Waals surface area contributed by atoms with E-state index in [-0.39, 0.29) is 17.5 Å². The summed E-state index contributed by atoms with van der Waals surface area (Å²) < 4.78 is 11.7. The number of nitrogens with zero attached hydrogens (tertiary/aromatic N) is 6. The fourth-order valence-electron chi connectivity index (χ4n) is 7.04. The van der Waals surface area contributed by atoms with E-state index in [4.69, 9.17) is 42.7 Å². The Balaban J connectivity index is 1.48. The standard InChI is InChI=1S/C38H46Cl2N6O4/c1-7-50-31-24-32(36(2,3)4)41-25-30(31)33-42-37(5,26-8-12-28(39)13-9-26)38(6,27-10-14-29(40)15-11-27)46(33)35(48)44-18-16-43(17-19-44)34(47)45-20-22-49-23-21-45/h8-15,24-25H,7,16-23H2,1-6H3/t37-,38-/m0/s1. The van der Waals surface area contributed by atoms with Crippen LogP contribution < -0.4 is 4.74 Å². The Labute approximate surface area is 305 Å². The van der Waals surface area contributed by atoms with Gasteiger partial charge in [0.25, 0.3) is 0 Å². The lowest BCUT2D eigenvalue weighted by molar-refractivity contribution is 0.0375. The number of carbonyl (C=O) groups is 2. The molecule has 0 bridgehead atoms. The summed E-state index contributed by atoms with van der Waals surface area (Å²) in [6.45, 7) is 16.5. The number of piperazine rings is 1. The lowest BCUT2D eigenvalue weighted by Gasteiger charge is -2.47. The number of hydrogen-bond acceptors (Lipinski definition) is 6. The molecule has 6 rings (SSSR count). The molecule has 0 radical (unpaired) electrons. The van der Waals surface area contributed by atoms with Crippen LogP contribution in [0.2, 0.25) is 10.0 Å². The number of aromatic nitrogens is 1. The molecule has 50 heavy (non-hydrogen) atoms. The third-order valence-electron chi connectivity index (χ3n) is 10.2. The van der Waals surface area contributed by atoms with Crippen LogP contribution in [0.1, 0.15) is 63.9 Å². The van der Waals surface area contributed by atoms with Crippen molar-refractivity contribution in [1.82, 2.24) is 24.6 Å². The van der Waals surface area contributed by atoms with Gasteiger partial charge in [-0.15, -0.1) is 0 Å². The Morgan fingerprint density at radius 3 is 1.88 bits per heavy atom. The van der Waals surface area contributed by atoms with Crippen molar-refractivity contribution in [3.63, 3.8) is 0 Å². The fourth-order valence-corrected chi connectivity index (χ4v) is 7.29. The van der Waals surface area contributed by atoms with Gasteiger partial charge in [0.15, 0.2) is 0 Å². The Kier molecular flexibility index (Phi) is 10.1. The second-order valence-corrected chi connectivity index (χ2v) is 15.2. The van der Waals surface area contributed by atoms with Crippen LogP contribution in [0.3, 0.4) is 0 Å². The smallest absolute Gasteiger partial charge is 0.326 e. The van der Waals surface area contributed by atoms with Crippen LogP contribution in [0, 0.1) is 0 Å². The third kappa shape index (κ3) is 6.53. The Hall–Kier alpha value is -3.86. The highest BCUT2D eigenvalue weighted by atomic mass is 35.5. The predicted octanol–water partition coefficient (Wildman–Crippen LogP) is 7.17. The number of rotatable bonds is 5. The number of aliphatic imine (C=N–C) groups is 1. The molecule has 1 aromatic heterocycles. The maximum absolute atomic E-state index is 15.2. The molecule has 10 nitrogen and oxygen atoms in total. The lowest BCUT2D eigenvalue weighted by Crippen LogP contribution is -2.62. The van der Waals surface area contributed by atoms with Gasteiger partial charge in [-0.2, -0.15) is 0 Å². The van der Waals surface area contributed by atoms with Crippen LogP contribution in [0.4, 0.5) is 9.59 Å². The molecule has 3 aliphatic heterocycles. The highest BCUT2D eigenvalue weighted by Gasteiger charge is 2.60. The second-order valence-electron chi connectivity index (χ2n) is 14.3. The quantitative estimate of drug-likeness (QED) is 0.279. The molecule has 4 heterocycles. The summed E-state index contributed by atoms with van der Waals surface area (Å²) in [5, 5.41) is 1.19. The van der Waals surface area contributed by atoms with Crippen molar-refractivity contribution in [2.75, 3.05) is 59.1 Å². The zero-order valence-corrected chi connectivity index (χ0v) is 31.2. The number of benzene rings is 2. The molecule has 2 fully saturated rings. The number of pyridine rings is 1. The van der Waals surface area contributed by atoms with Crippen molar-refractivity contribution in [2.45, 2.75) is 58.0 Å². The van der Waals surface area contributed by atoms with Crippen molar-refractivity contribution in [1.29, 1.82) is 0 Å². The second kappa shape index (κ2) is 14.0. The van der Waals surface area contributed by atoms with Crippen molar-refractivity contribution >= 4 is 41.1 Å². The summed E-state index contributed by atoms with van der Waals surface area (Å²) in [6, 6.07) is 16.9. The van der Waals surface area contributed by atoms with E-state index < -0.39 is 11.1 Å². The first kappa shape index (κ1) is 35.9. The first-order chi connectivity index (χ1) is 23.8. The molecule has 0 saturated carbocycles. The summed E-state index contributed by atoms with van der Waals surface area (Å²) in [5.41, 5.74) is 0.942. The van der Waals surface area contributed by atoms with Crippen molar-refractivity contribution in [3.8, 4) is 5.75 Å². The number of amidine groups is 1. The third-order valence-corrected chi connectivity index (χ3v) is 10.7. The highest BCUT2D eigenvalue weighted by Crippen LogP contribution is 2.54. The molecule has 2 atom stereocenters. The molecule has 4 amide bonds. The van der Waals surface area contributed by atoms with E-state index in [0.29, 0.717) is 86.3 Å². The summed E-state index contributed by atoms with van der Waals surface area (Å²) in [6.07, 6.45) is 1.78. The molecule has 0 spiro atoms. The SMILES string of the molecule is CCOc1cc(C(C)(C)C)ncc1C1=N[C@@](C)(c2ccc(Cl)cc2)[C@](C)(c2ccc(Cl)cc2)N1C(=O)N1CCN(C(=O)N2CCOCC2)CC1. The van der Waals surface area contributed by atoms with Crippen LogP contribution in [0.25, 0.3) is 0 Å². The van der Waals surface area contributed by atoms with Crippen LogP contribution >= 0.6 is 23.2 Å². The van der Waals surface area contributed by atoms with E-state index >= 15 is 4.79 Å². The van der Waals surface area contributed by atoms with Gasteiger partial charge in [-0.05, 0) is 56.2 Å². The van der Waals surface area contributed by atoms with Gasteiger partial charge in [0.05, 0.1) is 25.4 Å². The minimum absolute atomic E-state index is 0.0171. The van der Waals surface area contributed by atoms with Gasteiger partial charge in [-0.25, -0.2) is 9.59 Å². The number of hydrogen-bond donors (Lipinski definition) is 0. The van der Waals surface area contributed by atoms with Crippen molar-refractivity contribution in [2.24, 2.45) is 4.99 Å². The molecule has 0 unspecified atom stereocenters. The minimum atomic E-state index is -1.05. The van der Waals surface area contributed by atoms with E-state index in [1.807, 2.05) is 83.1 Å². The topological polar surface area (TPSA) is 90.8 Å². The first-order valence-electron chi connectivity index (χ1n) is 17.2. The fraction of sp³-hybridized carbons (Fsp3) is 0.474. The average molecular weight is 722 g/mol. The van der Waals surface area contributed by atoms with E-state index in [1.165, 1.54) is 0 Å². The number of amides is 4. The monoisotopic (exact) mass is 720 g/mol. The zero-order chi connectivity index (χ0) is 35.8. The number of halogens is 2. The van der Waals surface area contributed by atoms with E-state index in [0.717, 1.165) is 16.8 Å². The lowest BCUT2D eigenvalue weighted by atomic mass is 9.71. The Morgan fingerprint density at radius 1 is 0.820 bits per heavy atom. The number of urea groups is 2. The van der Waals surface area contributed by atoms with Gasteiger partial charge in [0.2, 0.25) is 0 Å². The van der Waals surface area contributed by atoms with Crippen LogP contribution in [0.5, 0.6) is 5.75 Å². The van der Waals surface area contributed by atoms with Gasteiger partial charge < -0.3 is 24.2 Å². The molecule has 0 aliphatic carbocycles. The molecule has 12 heteroatoms. The molecule has 0 N–H and O–H groups in total. The molecule has 3 aliphatic rings. The van der Waals surface area contributed by atoms with E-state index in [1.54, 1.807) is 11.1 Å². The average Bonchev–Trinajstić information content (AvgIpc) is 3.36. The van der Waals surface area contributed by atoms with Gasteiger partial charge in [0.1, 0.15) is 22.7 Å². The summed E-state index contributed by atoms with van der Waals surface area (Å²) in [5.74, 6) is 1.05. The zero-order valence-electron chi connectivity index (χ0n) is 29.7. The number of morpholine rings is 1. The maximum Gasteiger partial charge on any atom is 0.326 e. The molecule has 266 valence electrons. The number of carbonyl (C=O) groups excluding carboxylic acids is 2. The van der Waals surface area contributed by atoms with E-state index in [2.05, 4.69) is 27.7 Å².